The fraction of sp³-hybridized carbons (Fsp3) is 0.320. The van der Waals surface area contributed by atoms with Gasteiger partial charge < -0.3 is 9.47 Å². The lowest BCUT2D eigenvalue weighted by molar-refractivity contribution is 0.0728. The number of rotatable bonds is 10. The van der Waals surface area contributed by atoms with E-state index < -0.39 is 11.8 Å². The van der Waals surface area contributed by atoms with Gasteiger partial charge in [-0.15, -0.1) is 0 Å². The van der Waals surface area contributed by atoms with Crippen molar-refractivity contribution in [2.24, 2.45) is 0 Å². The predicted molar refractivity (Wildman–Crippen MR) is 118 cm³/mol. The SMILES string of the molecule is CCCCCOc1ccc(C(=O)Oc2cnc(-c3ccc(CCC)cc3)nc2)c(F)c1. The van der Waals surface area contributed by atoms with Crippen LogP contribution >= 0.6 is 0 Å². The topological polar surface area (TPSA) is 61.3 Å². The Morgan fingerprint density at radius 1 is 0.935 bits per heavy atom. The van der Waals surface area contributed by atoms with Crippen LogP contribution in [0.3, 0.4) is 0 Å². The van der Waals surface area contributed by atoms with Crippen molar-refractivity contribution in [3.05, 3.63) is 71.8 Å². The lowest BCUT2D eigenvalue weighted by atomic mass is 10.1. The third-order valence-corrected chi connectivity index (χ3v) is 4.77. The Morgan fingerprint density at radius 2 is 1.68 bits per heavy atom. The summed E-state index contributed by atoms with van der Waals surface area (Å²) in [6, 6.07) is 12.2. The summed E-state index contributed by atoms with van der Waals surface area (Å²) in [6.07, 6.45) is 7.97. The number of aromatic nitrogens is 2. The molecule has 1 heterocycles. The third-order valence-electron chi connectivity index (χ3n) is 4.77. The summed E-state index contributed by atoms with van der Waals surface area (Å²) < 4.78 is 25.1. The van der Waals surface area contributed by atoms with Crippen molar-refractivity contribution in [2.45, 2.75) is 46.0 Å². The number of hydrogen-bond donors (Lipinski definition) is 0. The number of nitrogens with zero attached hydrogens (tertiary/aromatic N) is 2. The molecule has 6 heteroatoms. The van der Waals surface area contributed by atoms with Crippen molar-refractivity contribution >= 4 is 5.97 Å². The van der Waals surface area contributed by atoms with E-state index >= 15 is 0 Å². The van der Waals surface area contributed by atoms with Crippen molar-refractivity contribution in [3.63, 3.8) is 0 Å². The van der Waals surface area contributed by atoms with Crippen LogP contribution in [-0.2, 0) is 6.42 Å². The zero-order valence-corrected chi connectivity index (χ0v) is 17.9. The van der Waals surface area contributed by atoms with Gasteiger partial charge in [-0.2, -0.15) is 0 Å². The highest BCUT2D eigenvalue weighted by Crippen LogP contribution is 2.21. The van der Waals surface area contributed by atoms with E-state index in [-0.39, 0.29) is 11.3 Å². The molecular formula is C25H27FN2O3. The molecule has 0 fully saturated rings. The summed E-state index contributed by atoms with van der Waals surface area (Å²) in [7, 11) is 0. The summed E-state index contributed by atoms with van der Waals surface area (Å²) in [4.78, 5) is 20.8. The number of carbonyl (C=O) groups is 1. The van der Waals surface area contributed by atoms with Gasteiger partial charge in [-0.05, 0) is 30.5 Å². The molecule has 0 amide bonds. The van der Waals surface area contributed by atoms with E-state index in [0.29, 0.717) is 18.2 Å². The molecule has 5 nitrogen and oxygen atoms in total. The first-order valence-electron chi connectivity index (χ1n) is 10.7. The molecule has 2 aromatic carbocycles. The fourth-order valence-electron chi connectivity index (χ4n) is 3.08. The van der Waals surface area contributed by atoms with Crippen LogP contribution in [-0.4, -0.2) is 22.5 Å². The van der Waals surface area contributed by atoms with Crippen molar-refractivity contribution in [1.82, 2.24) is 9.97 Å². The molecule has 0 saturated heterocycles. The molecule has 0 aliphatic heterocycles. The lowest BCUT2D eigenvalue weighted by Gasteiger charge is -2.09. The van der Waals surface area contributed by atoms with Crippen LogP contribution in [0.4, 0.5) is 4.39 Å². The third kappa shape index (κ3) is 6.35. The van der Waals surface area contributed by atoms with Gasteiger partial charge in [0.05, 0.1) is 24.6 Å². The van der Waals surface area contributed by atoms with Crippen molar-refractivity contribution in [2.75, 3.05) is 6.61 Å². The minimum Gasteiger partial charge on any atom is -0.493 e. The molecule has 0 spiro atoms. The highest BCUT2D eigenvalue weighted by Gasteiger charge is 2.16. The maximum absolute atomic E-state index is 14.3. The Bertz CT molecular complexity index is 989. The van der Waals surface area contributed by atoms with E-state index in [0.717, 1.165) is 37.7 Å². The fourth-order valence-corrected chi connectivity index (χ4v) is 3.08. The van der Waals surface area contributed by atoms with Crippen LogP contribution in [0.15, 0.2) is 54.9 Å². The van der Waals surface area contributed by atoms with E-state index in [4.69, 9.17) is 9.47 Å². The van der Waals surface area contributed by atoms with Crippen LogP contribution < -0.4 is 9.47 Å². The second-order valence-electron chi connectivity index (χ2n) is 7.28. The van der Waals surface area contributed by atoms with Gasteiger partial charge in [-0.1, -0.05) is 57.4 Å². The number of carbonyl (C=O) groups excluding carboxylic acids is 1. The zero-order chi connectivity index (χ0) is 22.1. The molecule has 162 valence electrons. The average molecular weight is 423 g/mol. The lowest BCUT2D eigenvalue weighted by Crippen LogP contribution is -2.11. The Labute approximate surface area is 182 Å². The van der Waals surface area contributed by atoms with E-state index in [2.05, 4.69) is 35.9 Å². The molecule has 3 aromatic rings. The Morgan fingerprint density at radius 3 is 2.32 bits per heavy atom. The quantitative estimate of drug-likeness (QED) is 0.295. The number of unbranched alkanes of at least 4 members (excludes halogenated alkanes) is 2. The first kappa shape index (κ1) is 22.4. The van der Waals surface area contributed by atoms with Gasteiger partial charge in [0, 0.05) is 11.6 Å². The molecule has 0 saturated carbocycles. The van der Waals surface area contributed by atoms with Crippen molar-refractivity contribution in [1.29, 1.82) is 0 Å². The second-order valence-corrected chi connectivity index (χ2v) is 7.28. The number of esters is 1. The van der Waals surface area contributed by atoms with Crippen molar-refractivity contribution < 1.29 is 18.7 Å². The monoisotopic (exact) mass is 422 g/mol. The summed E-state index contributed by atoms with van der Waals surface area (Å²) in [5.41, 5.74) is 1.96. The maximum atomic E-state index is 14.3. The minimum atomic E-state index is -0.810. The largest absolute Gasteiger partial charge is 0.493 e. The van der Waals surface area contributed by atoms with Gasteiger partial charge in [0.15, 0.2) is 11.6 Å². The first-order chi connectivity index (χ1) is 15.1. The first-order valence-corrected chi connectivity index (χ1v) is 10.7. The number of benzene rings is 2. The highest BCUT2D eigenvalue weighted by atomic mass is 19.1. The minimum absolute atomic E-state index is 0.149. The summed E-state index contributed by atoms with van der Waals surface area (Å²) in [5, 5.41) is 0. The molecule has 31 heavy (non-hydrogen) atoms. The van der Waals surface area contributed by atoms with Gasteiger partial charge in [-0.25, -0.2) is 19.2 Å². The average Bonchev–Trinajstić information content (AvgIpc) is 2.78. The van der Waals surface area contributed by atoms with Crippen LogP contribution in [0.5, 0.6) is 11.5 Å². The van der Waals surface area contributed by atoms with Crippen LogP contribution in [0.1, 0.15) is 55.5 Å². The van der Waals surface area contributed by atoms with E-state index in [1.807, 2.05) is 12.1 Å². The van der Waals surface area contributed by atoms with E-state index in [9.17, 15) is 9.18 Å². The van der Waals surface area contributed by atoms with Gasteiger partial charge in [-0.3, -0.25) is 0 Å². The maximum Gasteiger partial charge on any atom is 0.346 e. The molecule has 0 aliphatic rings. The predicted octanol–water partition coefficient (Wildman–Crippen LogP) is 6.02. The van der Waals surface area contributed by atoms with Crippen LogP contribution in [0.25, 0.3) is 11.4 Å². The summed E-state index contributed by atoms with van der Waals surface area (Å²) in [6.45, 7) is 4.76. The van der Waals surface area contributed by atoms with Gasteiger partial charge in [0.1, 0.15) is 11.6 Å². The highest BCUT2D eigenvalue weighted by molar-refractivity contribution is 5.91. The molecule has 0 atom stereocenters. The number of halogens is 1. The van der Waals surface area contributed by atoms with Gasteiger partial charge in [0.2, 0.25) is 0 Å². The van der Waals surface area contributed by atoms with E-state index in [1.54, 1.807) is 6.07 Å². The molecule has 0 aliphatic carbocycles. The van der Waals surface area contributed by atoms with Crippen LogP contribution in [0.2, 0.25) is 0 Å². The summed E-state index contributed by atoms with van der Waals surface area (Å²) >= 11 is 0. The Balaban J connectivity index is 1.61. The zero-order valence-electron chi connectivity index (χ0n) is 17.9. The molecule has 1 aromatic heterocycles. The normalized spacial score (nSPS) is 10.7. The van der Waals surface area contributed by atoms with Crippen LogP contribution in [0, 0.1) is 5.82 Å². The Kier molecular flexibility index (Phi) is 8.10. The van der Waals surface area contributed by atoms with Gasteiger partial charge in [0.25, 0.3) is 0 Å². The number of aryl methyl sites for hydroxylation is 1. The Hall–Kier alpha value is -3.28. The molecule has 0 N–H and O–H groups in total. The van der Waals surface area contributed by atoms with Crippen molar-refractivity contribution in [3.8, 4) is 22.9 Å². The number of hydrogen-bond acceptors (Lipinski definition) is 5. The van der Waals surface area contributed by atoms with Gasteiger partial charge >= 0.3 is 5.97 Å². The smallest absolute Gasteiger partial charge is 0.346 e. The number of ether oxygens (including phenoxy) is 2. The molecule has 3 rings (SSSR count). The standard InChI is InChI=1S/C25H27FN2O3/c1-3-5-6-14-30-20-12-13-22(23(26)15-20)25(29)31-21-16-27-24(28-17-21)19-10-8-18(7-4-2)9-11-19/h8-13,15-17H,3-7,14H2,1-2H3. The molecule has 0 radical (unpaired) electrons. The molecule has 0 unspecified atom stereocenters. The second kappa shape index (κ2) is 11.2. The van der Waals surface area contributed by atoms with E-state index in [1.165, 1.54) is 30.1 Å². The molecule has 0 bridgehead atoms. The summed E-state index contributed by atoms with van der Waals surface area (Å²) in [5.74, 6) is -0.435. The molecular weight excluding hydrogens is 395 g/mol.